The third kappa shape index (κ3) is 6.31. The zero-order valence-corrected chi connectivity index (χ0v) is 18.9. The van der Waals surface area contributed by atoms with Gasteiger partial charge in [0.2, 0.25) is 0 Å². The summed E-state index contributed by atoms with van der Waals surface area (Å²) in [5, 5.41) is 12.8. The molecule has 156 valence electrons. The van der Waals surface area contributed by atoms with Crippen molar-refractivity contribution in [3.63, 3.8) is 0 Å². The van der Waals surface area contributed by atoms with Crippen LogP contribution in [0.2, 0.25) is 10.0 Å². The van der Waals surface area contributed by atoms with E-state index in [1.165, 1.54) is 24.3 Å². The molecule has 0 unspecified atom stereocenters. The quantitative estimate of drug-likeness (QED) is 0.281. The fraction of sp³-hybridized carbons (Fsp3) is 0.0435. The Labute approximate surface area is 197 Å². The molecule has 0 spiro atoms. The summed E-state index contributed by atoms with van der Waals surface area (Å²) in [7, 11) is 0. The minimum absolute atomic E-state index is 0.123. The highest BCUT2D eigenvalue weighted by atomic mass is 79.9. The maximum Gasteiger partial charge on any atom is 0.266 e. The van der Waals surface area contributed by atoms with Crippen molar-refractivity contribution in [2.75, 3.05) is 5.32 Å². The molecule has 31 heavy (non-hydrogen) atoms. The molecule has 0 radical (unpaired) electrons. The molecule has 0 aliphatic rings. The molecule has 0 aromatic heterocycles. The molecule has 3 rings (SSSR count). The van der Waals surface area contributed by atoms with Crippen molar-refractivity contribution in [2.45, 2.75) is 6.61 Å². The van der Waals surface area contributed by atoms with Crippen LogP contribution in [0.5, 0.6) is 5.75 Å². The maximum atomic E-state index is 13.4. The molecule has 0 saturated heterocycles. The van der Waals surface area contributed by atoms with Gasteiger partial charge >= 0.3 is 0 Å². The largest absolute Gasteiger partial charge is 0.488 e. The van der Waals surface area contributed by atoms with E-state index in [1.807, 2.05) is 6.07 Å². The molecule has 0 fully saturated rings. The van der Waals surface area contributed by atoms with Crippen molar-refractivity contribution in [2.24, 2.45) is 0 Å². The second-order valence-corrected chi connectivity index (χ2v) is 8.08. The molecule has 4 nitrogen and oxygen atoms in total. The van der Waals surface area contributed by atoms with Crippen LogP contribution in [-0.4, -0.2) is 5.91 Å². The van der Waals surface area contributed by atoms with Gasteiger partial charge in [0.25, 0.3) is 5.91 Å². The Balaban J connectivity index is 1.83. The van der Waals surface area contributed by atoms with E-state index in [0.717, 1.165) is 4.47 Å². The summed E-state index contributed by atoms with van der Waals surface area (Å²) < 4.78 is 19.9. The lowest BCUT2D eigenvalue weighted by molar-refractivity contribution is -0.112. The normalized spacial score (nSPS) is 11.0. The van der Waals surface area contributed by atoms with E-state index >= 15 is 0 Å². The molecule has 0 bridgehead atoms. The number of halogens is 4. The number of hydrogen-bond donors (Lipinski definition) is 1. The third-order valence-corrected chi connectivity index (χ3v) is 5.33. The lowest BCUT2D eigenvalue weighted by Gasteiger charge is -2.11. The summed E-state index contributed by atoms with van der Waals surface area (Å²) in [6.45, 7) is 0.123. The van der Waals surface area contributed by atoms with Gasteiger partial charge in [-0.05, 0) is 60.2 Å². The van der Waals surface area contributed by atoms with E-state index in [-0.39, 0.29) is 23.0 Å². The molecular formula is C23H14BrCl2FN2O2. The Morgan fingerprint density at radius 3 is 2.65 bits per heavy atom. The first-order valence-electron chi connectivity index (χ1n) is 8.90. The van der Waals surface area contributed by atoms with Gasteiger partial charge in [0.15, 0.2) is 0 Å². The van der Waals surface area contributed by atoms with Crippen molar-refractivity contribution in [3.8, 4) is 11.8 Å². The van der Waals surface area contributed by atoms with Crippen molar-refractivity contribution >= 4 is 56.8 Å². The molecule has 8 heteroatoms. The van der Waals surface area contributed by atoms with Crippen LogP contribution < -0.4 is 10.1 Å². The van der Waals surface area contributed by atoms with Gasteiger partial charge in [-0.25, -0.2) is 4.39 Å². The van der Waals surface area contributed by atoms with Crippen LogP contribution in [0.4, 0.5) is 10.1 Å². The first kappa shape index (κ1) is 22.8. The number of anilines is 1. The highest BCUT2D eigenvalue weighted by Gasteiger charge is 2.13. The predicted octanol–water partition coefficient (Wildman–Crippen LogP) is 7.02. The van der Waals surface area contributed by atoms with Gasteiger partial charge in [0, 0.05) is 15.7 Å². The predicted molar refractivity (Wildman–Crippen MR) is 124 cm³/mol. The summed E-state index contributed by atoms with van der Waals surface area (Å²) in [6, 6.07) is 17.7. The lowest BCUT2D eigenvalue weighted by atomic mass is 10.1. The van der Waals surface area contributed by atoms with Crippen molar-refractivity contribution in [3.05, 3.63) is 97.7 Å². The Bertz CT molecular complexity index is 1210. The molecule has 0 saturated carbocycles. The second-order valence-electron chi connectivity index (χ2n) is 6.35. The number of benzene rings is 3. The highest BCUT2D eigenvalue weighted by Crippen LogP contribution is 2.28. The topological polar surface area (TPSA) is 62.1 Å². The van der Waals surface area contributed by atoms with Crippen molar-refractivity contribution < 1.29 is 13.9 Å². The number of nitrogens with zero attached hydrogens (tertiary/aromatic N) is 1. The van der Waals surface area contributed by atoms with E-state index in [2.05, 4.69) is 21.2 Å². The molecule has 1 amide bonds. The second kappa shape index (κ2) is 10.5. The van der Waals surface area contributed by atoms with Crippen LogP contribution in [0.25, 0.3) is 6.08 Å². The minimum Gasteiger partial charge on any atom is -0.488 e. The Kier molecular flexibility index (Phi) is 7.69. The summed E-state index contributed by atoms with van der Waals surface area (Å²) in [4.78, 5) is 12.6. The summed E-state index contributed by atoms with van der Waals surface area (Å²) in [6.07, 6.45) is 1.42. The standard InChI is InChI=1S/C23H14BrCl2FN2O2/c24-17-4-7-22(31-13-14-2-1-3-18(27)8-14)15(10-17)9-16(12-28)23(30)29-19-5-6-20(25)21(26)11-19/h1-11H,13H2,(H,29,30)/b16-9+. The summed E-state index contributed by atoms with van der Waals surface area (Å²) in [5.74, 6) is -0.540. The Morgan fingerprint density at radius 2 is 1.94 bits per heavy atom. The minimum atomic E-state index is -0.614. The lowest BCUT2D eigenvalue weighted by Crippen LogP contribution is -2.13. The number of nitriles is 1. The number of nitrogens with one attached hydrogen (secondary N) is 1. The molecule has 0 aliphatic heterocycles. The van der Waals surface area contributed by atoms with Crippen LogP contribution in [0.3, 0.4) is 0 Å². The summed E-state index contributed by atoms with van der Waals surface area (Å²) in [5.41, 5.74) is 1.42. The SMILES string of the molecule is N#C/C(=C\c1cc(Br)ccc1OCc1cccc(F)c1)C(=O)Nc1ccc(Cl)c(Cl)c1. The van der Waals surface area contributed by atoms with E-state index in [4.69, 9.17) is 27.9 Å². The van der Waals surface area contributed by atoms with E-state index in [0.29, 0.717) is 27.6 Å². The third-order valence-electron chi connectivity index (χ3n) is 4.10. The van der Waals surface area contributed by atoms with E-state index < -0.39 is 5.91 Å². The zero-order valence-electron chi connectivity index (χ0n) is 15.8. The highest BCUT2D eigenvalue weighted by molar-refractivity contribution is 9.10. The number of rotatable bonds is 6. The summed E-state index contributed by atoms with van der Waals surface area (Å²) >= 11 is 15.2. The van der Waals surface area contributed by atoms with E-state index in [9.17, 15) is 14.4 Å². The van der Waals surface area contributed by atoms with Crippen LogP contribution in [0, 0.1) is 17.1 Å². The number of ether oxygens (including phenoxy) is 1. The van der Waals surface area contributed by atoms with Crippen LogP contribution in [0.1, 0.15) is 11.1 Å². The average molecular weight is 520 g/mol. The smallest absolute Gasteiger partial charge is 0.266 e. The van der Waals surface area contributed by atoms with Crippen LogP contribution in [-0.2, 0) is 11.4 Å². The maximum absolute atomic E-state index is 13.4. The van der Waals surface area contributed by atoms with Gasteiger partial charge in [0.1, 0.15) is 29.8 Å². The molecule has 1 N–H and O–H groups in total. The Morgan fingerprint density at radius 1 is 1.13 bits per heavy atom. The van der Waals surface area contributed by atoms with Gasteiger partial charge in [-0.15, -0.1) is 0 Å². The van der Waals surface area contributed by atoms with Crippen LogP contribution >= 0.6 is 39.1 Å². The van der Waals surface area contributed by atoms with Crippen molar-refractivity contribution in [1.29, 1.82) is 5.26 Å². The monoisotopic (exact) mass is 518 g/mol. The van der Waals surface area contributed by atoms with Gasteiger partial charge < -0.3 is 10.1 Å². The fourth-order valence-electron chi connectivity index (χ4n) is 2.63. The number of amides is 1. The molecule has 0 heterocycles. The van der Waals surface area contributed by atoms with Gasteiger partial charge in [-0.2, -0.15) is 5.26 Å². The van der Waals surface area contributed by atoms with Crippen LogP contribution in [0.15, 0.2) is 70.7 Å². The Hall–Kier alpha value is -2.85. The molecule has 0 aliphatic carbocycles. The van der Waals surface area contributed by atoms with E-state index in [1.54, 1.807) is 42.5 Å². The van der Waals surface area contributed by atoms with Gasteiger partial charge in [-0.1, -0.05) is 51.3 Å². The molecular weight excluding hydrogens is 506 g/mol. The number of carbonyl (C=O) groups excluding carboxylic acids is 1. The van der Waals surface area contributed by atoms with Gasteiger partial charge in [0.05, 0.1) is 10.0 Å². The first-order valence-corrected chi connectivity index (χ1v) is 10.5. The van der Waals surface area contributed by atoms with Gasteiger partial charge in [-0.3, -0.25) is 4.79 Å². The van der Waals surface area contributed by atoms with Crippen molar-refractivity contribution in [1.82, 2.24) is 0 Å². The molecule has 0 atom stereocenters. The molecule has 3 aromatic carbocycles. The number of hydrogen-bond acceptors (Lipinski definition) is 3. The molecule has 3 aromatic rings. The zero-order chi connectivity index (χ0) is 22.4. The fourth-order valence-corrected chi connectivity index (χ4v) is 3.30. The first-order chi connectivity index (χ1) is 14.9. The number of carbonyl (C=O) groups is 1. The average Bonchev–Trinajstić information content (AvgIpc) is 2.74.